The third-order valence-electron chi connectivity index (χ3n) is 3.09. The van der Waals surface area contributed by atoms with Crippen LogP contribution in [-0.4, -0.2) is 43.8 Å². The van der Waals surface area contributed by atoms with E-state index in [0.717, 1.165) is 43.6 Å². The Bertz CT molecular complexity index is 359. The number of nitrogens with zero attached hydrogens (tertiary/aromatic N) is 1. The molecule has 1 aromatic rings. The summed E-state index contributed by atoms with van der Waals surface area (Å²) < 4.78 is 5.41. The Balaban J connectivity index is 1.77. The van der Waals surface area contributed by atoms with Crippen LogP contribution >= 0.6 is 11.6 Å². The van der Waals surface area contributed by atoms with Gasteiger partial charge in [-0.15, -0.1) is 0 Å². The Morgan fingerprint density at radius 1 is 1.47 bits per heavy atom. The van der Waals surface area contributed by atoms with Crippen LogP contribution < -0.4 is 5.32 Å². The average molecular weight is 255 g/mol. The van der Waals surface area contributed by atoms with Crippen molar-refractivity contribution < 1.29 is 4.74 Å². The zero-order valence-corrected chi connectivity index (χ0v) is 10.9. The highest BCUT2D eigenvalue weighted by Crippen LogP contribution is 2.20. The van der Waals surface area contributed by atoms with E-state index in [9.17, 15) is 0 Å². The summed E-state index contributed by atoms with van der Waals surface area (Å²) in [6.45, 7) is 6.84. The van der Waals surface area contributed by atoms with E-state index in [2.05, 4.69) is 17.1 Å². The van der Waals surface area contributed by atoms with Gasteiger partial charge in [-0.1, -0.05) is 23.7 Å². The predicted molar refractivity (Wildman–Crippen MR) is 71.8 cm³/mol. The van der Waals surface area contributed by atoms with Gasteiger partial charge in [0.15, 0.2) is 0 Å². The smallest absolute Gasteiger partial charge is 0.0637 e. The van der Waals surface area contributed by atoms with Crippen LogP contribution in [0, 0.1) is 0 Å². The second-order valence-electron chi connectivity index (χ2n) is 4.37. The molecule has 0 aliphatic carbocycles. The van der Waals surface area contributed by atoms with E-state index >= 15 is 0 Å². The predicted octanol–water partition coefficient (Wildman–Crippen LogP) is 2.47. The molecule has 1 unspecified atom stereocenters. The normalized spacial score (nSPS) is 21.4. The van der Waals surface area contributed by atoms with Gasteiger partial charge in [-0.25, -0.2) is 0 Å². The second-order valence-corrected chi connectivity index (χ2v) is 4.77. The zero-order chi connectivity index (χ0) is 12.1. The van der Waals surface area contributed by atoms with Crippen molar-refractivity contribution in [1.29, 1.82) is 0 Å². The minimum absolute atomic E-state index is 0.511. The summed E-state index contributed by atoms with van der Waals surface area (Å²) in [5, 5.41) is 4.15. The number of rotatable bonds is 4. The van der Waals surface area contributed by atoms with Gasteiger partial charge in [-0.05, 0) is 19.1 Å². The van der Waals surface area contributed by atoms with Crippen LogP contribution in [0.2, 0.25) is 5.02 Å². The average Bonchev–Trinajstić information content (AvgIpc) is 2.34. The fourth-order valence-electron chi connectivity index (χ4n) is 2.03. The summed E-state index contributed by atoms with van der Waals surface area (Å²) in [5.74, 6) is 0. The molecule has 1 atom stereocenters. The van der Waals surface area contributed by atoms with Crippen LogP contribution in [0.1, 0.15) is 6.92 Å². The molecule has 0 aromatic heterocycles. The van der Waals surface area contributed by atoms with Crippen molar-refractivity contribution in [2.45, 2.75) is 13.0 Å². The van der Waals surface area contributed by atoms with E-state index in [1.54, 1.807) is 0 Å². The molecule has 0 radical (unpaired) electrons. The third kappa shape index (κ3) is 3.60. The van der Waals surface area contributed by atoms with Gasteiger partial charge in [0.25, 0.3) is 0 Å². The number of ether oxygens (including phenoxy) is 1. The Kier molecular flexibility index (Phi) is 4.66. The van der Waals surface area contributed by atoms with Crippen LogP contribution in [0.4, 0.5) is 5.69 Å². The first kappa shape index (κ1) is 12.7. The Labute approximate surface area is 108 Å². The van der Waals surface area contributed by atoms with Crippen LogP contribution in [0.15, 0.2) is 24.3 Å². The molecular formula is C13H19ClN2O. The van der Waals surface area contributed by atoms with Crippen molar-refractivity contribution in [3.8, 4) is 0 Å². The van der Waals surface area contributed by atoms with Gasteiger partial charge < -0.3 is 10.1 Å². The first-order valence-electron chi connectivity index (χ1n) is 6.07. The van der Waals surface area contributed by atoms with Gasteiger partial charge in [0, 0.05) is 25.7 Å². The van der Waals surface area contributed by atoms with E-state index in [4.69, 9.17) is 16.3 Å². The fourth-order valence-corrected chi connectivity index (χ4v) is 2.23. The van der Waals surface area contributed by atoms with E-state index in [1.165, 1.54) is 0 Å². The largest absolute Gasteiger partial charge is 0.383 e. The van der Waals surface area contributed by atoms with Crippen molar-refractivity contribution in [2.75, 3.05) is 38.2 Å². The number of nitrogens with one attached hydrogen (secondary N) is 1. The summed E-state index contributed by atoms with van der Waals surface area (Å²) >= 11 is 6.08. The molecular weight excluding hydrogens is 236 g/mol. The van der Waals surface area contributed by atoms with E-state index in [0.29, 0.717) is 6.04 Å². The minimum Gasteiger partial charge on any atom is -0.383 e. The molecule has 1 N–H and O–H groups in total. The molecule has 1 aliphatic rings. The molecule has 1 heterocycles. The van der Waals surface area contributed by atoms with Gasteiger partial charge >= 0.3 is 0 Å². The van der Waals surface area contributed by atoms with Crippen LogP contribution in [-0.2, 0) is 4.74 Å². The summed E-state index contributed by atoms with van der Waals surface area (Å²) in [5.41, 5.74) is 1.01. The summed E-state index contributed by atoms with van der Waals surface area (Å²) in [4.78, 5) is 2.44. The molecule has 2 rings (SSSR count). The van der Waals surface area contributed by atoms with Gasteiger partial charge in [0.05, 0.1) is 23.9 Å². The number of para-hydroxylation sites is 1. The van der Waals surface area contributed by atoms with Crippen LogP contribution in [0.3, 0.4) is 0 Å². The SMILES string of the molecule is CC1COCCN1CCNc1ccccc1Cl. The monoisotopic (exact) mass is 254 g/mol. The highest BCUT2D eigenvalue weighted by molar-refractivity contribution is 6.33. The number of hydrogen-bond donors (Lipinski definition) is 1. The summed E-state index contributed by atoms with van der Waals surface area (Å²) in [6, 6.07) is 8.35. The first-order chi connectivity index (χ1) is 8.27. The molecule has 1 aromatic carbocycles. The van der Waals surface area contributed by atoms with Crippen molar-refractivity contribution in [3.05, 3.63) is 29.3 Å². The maximum Gasteiger partial charge on any atom is 0.0637 e. The van der Waals surface area contributed by atoms with E-state index in [-0.39, 0.29) is 0 Å². The van der Waals surface area contributed by atoms with Gasteiger partial charge in [-0.3, -0.25) is 4.90 Å². The standard InChI is InChI=1S/C13H19ClN2O/c1-11-10-17-9-8-16(11)7-6-15-13-5-3-2-4-12(13)14/h2-5,11,15H,6-10H2,1H3. The lowest BCUT2D eigenvalue weighted by molar-refractivity contribution is 0.00181. The van der Waals surface area contributed by atoms with Crippen molar-refractivity contribution in [2.24, 2.45) is 0 Å². The molecule has 1 saturated heterocycles. The van der Waals surface area contributed by atoms with Crippen molar-refractivity contribution in [1.82, 2.24) is 4.90 Å². The van der Waals surface area contributed by atoms with Gasteiger partial charge in [-0.2, -0.15) is 0 Å². The molecule has 94 valence electrons. The minimum atomic E-state index is 0.511. The lowest BCUT2D eigenvalue weighted by Gasteiger charge is -2.33. The van der Waals surface area contributed by atoms with E-state index in [1.807, 2.05) is 24.3 Å². The van der Waals surface area contributed by atoms with Crippen LogP contribution in [0.5, 0.6) is 0 Å². The molecule has 1 aliphatic heterocycles. The molecule has 4 heteroatoms. The fraction of sp³-hybridized carbons (Fsp3) is 0.538. The van der Waals surface area contributed by atoms with E-state index < -0.39 is 0 Å². The Morgan fingerprint density at radius 3 is 3.06 bits per heavy atom. The third-order valence-corrected chi connectivity index (χ3v) is 3.42. The number of anilines is 1. The first-order valence-corrected chi connectivity index (χ1v) is 6.45. The van der Waals surface area contributed by atoms with Crippen LogP contribution in [0.25, 0.3) is 0 Å². The Morgan fingerprint density at radius 2 is 2.29 bits per heavy atom. The molecule has 0 saturated carbocycles. The highest BCUT2D eigenvalue weighted by atomic mass is 35.5. The lowest BCUT2D eigenvalue weighted by atomic mass is 10.2. The number of morpholine rings is 1. The van der Waals surface area contributed by atoms with Gasteiger partial charge in [0.1, 0.15) is 0 Å². The van der Waals surface area contributed by atoms with Crippen molar-refractivity contribution >= 4 is 17.3 Å². The molecule has 0 amide bonds. The Hall–Kier alpha value is -0.770. The maximum absolute atomic E-state index is 6.08. The highest BCUT2D eigenvalue weighted by Gasteiger charge is 2.17. The number of halogens is 1. The topological polar surface area (TPSA) is 24.5 Å². The van der Waals surface area contributed by atoms with Crippen molar-refractivity contribution in [3.63, 3.8) is 0 Å². The molecule has 3 nitrogen and oxygen atoms in total. The quantitative estimate of drug-likeness (QED) is 0.894. The summed E-state index contributed by atoms with van der Waals surface area (Å²) in [7, 11) is 0. The summed E-state index contributed by atoms with van der Waals surface area (Å²) in [6.07, 6.45) is 0. The second kappa shape index (κ2) is 6.24. The molecule has 0 spiro atoms. The van der Waals surface area contributed by atoms with Gasteiger partial charge in [0.2, 0.25) is 0 Å². The molecule has 1 fully saturated rings. The zero-order valence-electron chi connectivity index (χ0n) is 10.2. The molecule has 0 bridgehead atoms. The number of benzene rings is 1. The molecule has 17 heavy (non-hydrogen) atoms. The lowest BCUT2D eigenvalue weighted by Crippen LogP contribution is -2.45. The number of hydrogen-bond acceptors (Lipinski definition) is 3. The maximum atomic E-state index is 6.08.